The molecule has 2 amide bonds. The minimum Gasteiger partial charge on any atom is -0.478 e. The van der Waals surface area contributed by atoms with Crippen LogP contribution >= 0.6 is 23.2 Å². The third kappa shape index (κ3) is 5.13. The average Bonchev–Trinajstić information content (AvgIpc) is 2.41. The van der Waals surface area contributed by atoms with Gasteiger partial charge in [0.2, 0.25) is 0 Å². The average molecular weight is 335 g/mol. The summed E-state index contributed by atoms with van der Waals surface area (Å²) in [7, 11) is 1.23. The lowest BCUT2D eigenvalue weighted by Crippen LogP contribution is -2.31. The van der Waals surface area contributed by atoms with E-state index < -0.39 is 18.0 Å². The topological polar surface area (TPSA) is 105 Å². The number of halogens is 2. The molecule has 0 saturated carbocycles. The van der Waals surface area contributed by atoms with Crippen LogP contribution in [0.5, 0.6) is 0 Å². The predicted octanol–water partition coefficient (Wildman–Crippen LogP) is 2.38. The van der Waals surface area contributed by atoms with E-state index in [1.54, 1.807) is 0 Å². The first-order valence-corrected chi connectivity index (χ1v) is 6.44. The minimum atomic E-state index is -1.29. The van der Waals surface area contributed by atoms with Gasteiger partial charge in [-0.3, -0.25) is 4.79 Å². The van der Waals surface area contributed by atoms with Crippen LogP contribution in [0, 0.1) is 0 Å². The van der Waals surface area contributed by atoms with Crippen LogP contribution in [0.4, 0.5) is 10.5 Å². The number of nitrogens with one attached hydrogen (secondary N) is 2. The van der Waals surface area contributed by atoms with Crippen molar-refractivity contribution in [2.45, 2.75) is 6.42 Å². The molecule has 9 heteroatoms. The van der Waals surface area contributed by atoms with Crippen molar-refractivity contribution in [1.29, 1.82) is 0 Å². The maximum absolute atomic E-state index is 11.6. The van der Waals surface area contributed by atoms with E-state index >= 15 is 0 Å². The number of carboxylic acid groups (broad SMARTS) is 1. The summed E-state index contributed by atoms with van der Waals surface area (Å²) < 4.78 is 4.41. The molecule has 0 aliphatic rings. The molecule has 0 aromatic heterocycles. The van der Waals surface area contributed by atoms with Crippen molar-refractivity contribution in [2.24, 2.45) is 0 Å². The first kappa shape index (κ1) is 17.1. The second kappa shape index (κ2) is 7.70. The minimum absolute atomic E-state index is 0.00986. The zero-order valence-corrected chi connectivity index (χ0v) is 12.4. The van der Waals surface area contributed by atoms with Crippen LogP contribution in [-0.4, -0.2) is 36.7 Å². The van der Waals surface area contributed by atoms with E-state index in [4.69, 9.17) is 28.3 Å². The Bertz CT molecular complexity index is 577. The van der Waals surface area contributed by atoms with Crippen molar-refractivity contribution in [3.8, 4) is 0 Å². The molecule has 0 heterocycles. The number of benzene rings is 1. The van der Waals surface area contributed by atoms with Crippen LogP contribution in [0.1, 0.15) is 16.8 Å². The molecular formula is C12H12Cl2N2O5. The third-order valence-electron chi connectivity index (χ3n) is 2.37. The van der Waals surface area contributed by atoms with Gasteiger partial charge in [0.15, 0.2) is 0 Å². The number of urea groups is 1. The van der Waals surface area contributed by atoms with Crippen LogP contribution in [-0.2, 0) is 9.53 Å². The van der Waals surface area contributed by atoms with Gasteiger partial charge in [-0.15, -0.1) is 0 Å². The molecule has 3 N–H and O–H groups in total. The number of hydrogen-bond acceptors (Lipinski definition) is 4. The molecule has 1 aromatic carbocycles. The first-order chi connectivity index (χ1) is 9.85. The van der Waals surface area contributed by atoms with Crippen molar-refractivity contribution in [3.63, 3.8) is 0 Å². The molecular weight excluding hydrogens is 323 g/mol. The Labute approximate surface area is 130 Å². The number of carboxylic acids is 1. The van der Waals surface area contributed by atoms with Gasteiger partial charge in [0, 0.05) is 11.6 Å². The van der Waals surface area contributed by atoms with Gasteiger partial charge in [-0.05, 0) is 12.1 Å². The van der Waals surface area contributed by atoms with Gasteiger partial charge in [-0.2, -0.15) is 0 Å². The quantitative estimate of drug-likeness (QED) is 0.717. The summed E-state index contributed by atoms with van der Waals surface area (Å²) in [5.74, 6) is -1.77. The Morgan fingerprint density at radius 1 is 1.29 bits per heavy atom. The van der Waals surface area contributed by atoms with Crippen molar-refractivity contribution in [3.05, 3.63) is 27.7 Å². The lowest BCUT2D eigenvalue weighted by Gasteiger charge is -2.12. The number of aromatic carboxylic acids is 1. The molecule has 0 aliphatic heterocycles. The Hall–Kier alpha value is -1.99. The van der Waals surface area contributed by atoms with E-state index in [0.717, 1.165) is 0 Å². The van der Waals surface area contributed by atoms with Crippen LogP contribution in [0.15, 0.2) is 12.1 Å². The number of hydrogen-bond donors (Lipinski definition) is 3. The normalized spacial score (nSPS) is 9.86. The van der Waals surface area contributed by atoms with Crippen LogP contribution < -0.4 is 10.6 Å². The first-order valence-electron chi connectivity index (χ1n) is 5.69. The molecule has 7 nitrogen and oxygen atoms in total. The molecule has 0 saturated heterocycles. The number of methoxy groups -OCH3 is 1. The van der Waals surface area contributed by atoms with Gasteiger partial charge >= 0.3 is 18.0 Å². The summed E-state index contributed by atoms with van der Waals surface area (Å²) in [5.41, 5.74) is -0.320. The predicted molar refractivity (Wildman–Crippen MR) is 77.1 cm³/mol. The molecule has 0 aliphatic carbocycles. The standard InChI is InChI=1S/C12H12Cl2N2O5/c1-21-9(17)2-3-15-12(20)16-10-7(11(18)19)4-6(13)5-8(10)14/h4-5H,2-3H2,1H3,(H,18,19)(H2,15,16,20). The van der Waals surface area contributed by atoms with Gasteiger partial charge in [-0.25, -0.2) is 9.59 Å². The van der Waals surface area contributed by atoms with Crippen molar-refractivity contribution >= 4 is 46.9 Å². The second-order valence-corrected chi connectivity index (χ2v) is 4.67. The lowest BCUT2D eigenvalue weighted by molar-refractivity contribution is -0.140. The lowest BCUT2D eigenvalue weighted by atomic mass is 10.2. The Morgan fingerprint density at radius 3 is 2.52 bits per heavy atom. The highest BCUT2D eigenvalue weighted by Gasteiger charge is 2.17. The van der Waals surface area contributed by atoms with E-state index in [0.29, 0.717) is 0 Å². The third-order valence-corrected chi connectivity index (χ3v) is 2.88. The molecule has 0 atom stereocenters. The molecule has 21 heavy (non-hydrogen) atoms. The van der Waals surface area contributed by atoms with Crippen LogP contribution in [0.3, 0.4) is 0 Å². The zero-order valence-electron chi connectivity index (χ0n) is 10.9. The summed E-state index contributed by atoms with van der Waals surface area (Å²) in [5, 5.41) is 13.9. The highest BCUT2D eigenvalue weighted by atomic mass is 35.5. The van der Waals surface area contributed by atoms with Gasteiger partial charge in [0.05, 0.1) is 29.8 Å². The Morgan fingerprint density at radius 2 is 1.95 bits per heavy atom. The fraction of sp³-hybridized carbons (Fsp3) is 0.250. The second-order valence-electron chi connectivity index (χ2n) is 3.82. The Balaban J connectivity index is 2.76. The molecule has 114 valence electrons. The highest BCUT2D eigenvalue weighted by Crippen LogP contribution is 2.30. The molecule has 1 rings (SSSR count). The summed E-state index contributed by atoms with van der Waals surface area (Å²) in [6, 6.07) is 1.77. The zero-order chi connectivity index (χ0) is 16.0. The van der Waals surface area contributed by atoms with E-state index in [9.17, 15) is 14.4 Å². The molecule has 0 spiro atoms. The summed E-state index contributed by atoms with van der Waals surface area (Å²) >= 11 is 11.6. The summed E-state index contributed by atoms with van der Waals surface area (Å²) in [6.45, 7) is 0.0338. The summed E-state index contributed by atoms with van der Waals surface area (Å²) in [4.78, 5) is 33.6. The number of carbonyl (C=O) groups excluding carboxylic acids is 2. The largest absolute Gasteiger partial charge is 0.478 e. The number of ether oxygens (including phenoxy) is 1. The fourth-order valence-electron chi connectivity index (χ4n) is 1.41. The van der Waals surface area contributed by atoms with Gasteiger partial charge < -0.3 is 20.5 Å². The van der Waals surface area contributed by atoms with E-state index in [2.05, 4.69) is 15.4 Å². The number of carbonyl (C=O) groups is 3. The van der Waals surface area contributed by atoms with Crippen LogP contribution in [0.25, 0.3) is 0 Å². The number of anilines is 1. The van der Waals surface area contributed by atoms with Crippen molar-refractivity contribution < 1.29 is 24.2 Å². The molecule has 0 fully saturated rings. The molecule has 0 unspecified atom stereocenters. The number of rotatable bonds is 5. The van der Waals surface area contributed by atoms with Gasteiger partial charge in [0.1, 0.15) is 0 Å². The van der Waals surface area contributed by atoms with Crippen LogP contribution in [0.2, 0.25) is 10.0 Å². The van der Waals surface area contributed by atoms with Crippen molar-refractivity contribution in [1.82, 2.24) is 5.32 Å². The monoisotopic (exact) mass is 334 g/mol. The number of esters is 1. The van der Waals surface area contributed by atoms with Crippen molar-refractivity contribution in [2.75, 3.05) is 19.0 Å². The highest BCUT2D eigenvalue weighted by molar-refractivity contribution is 6.37. The molecule has 0 radical (unpaired) electrons. The Kier molecular flexibility index (Phi) is 6.26. The van der Waals surface area contributed by atoms with Gasteiger partial charge in [0.25, 0.3) is 0 Å². The van der Waals surface area contributed by atoms with Gasteiger partial charge in [-0.1, -0.05) is 23.2 Å². The molecule has 1 aromatic rings. The maximum atomic E-state index is 11.6. The SMILES string of the molecule is COC(=O)CCNC(=O)Nc1c(Cl)cc(Cl)cc1C(=O)O. The van der Waals surface area contributed by atoms with E-state index in [-0.39, 0.29) is 34.3 Å². The van der Waals surface area contributed by atoms with E-state index in [1.165, 1.54) is 19.2 Å². The molecule has 0 bridgehead atoms. The summed E-state index contributed by atoms with van der Waals surface area (Å²) in [6.07, 6.45) is -0.00986. The smallest absolute Gasteiger partial charge is 0.337 e. The number of amides is 2. The fourth-order valence-corrected chi connectivity index (χ4v) is 1.95. The maximum Gasteiger partial charge on any atom is 0.337 e. The van der Waals surface area contributed by atoms with E-state index in [1.807, 2.05) is 0 Å².